The fourth-order valence-corrected chi connectivity index (χ4v) is 2.73. The highest BCUT2D eigenvalue weighted by atomic mass is 79.9. The van der Waals surface area contributed by atoms with Gasteiger partial charge in [0.2, 0.25) is 0 Å². The Bertz CT molecular complexity index is 277. The van der Waals surface area contributed by atoms with Gasteiger partial charge < -0.3 is 4.74 Å². The Hall–Kier alpha value is 0.100. The summed E-state index contributed by atoms with van der Waals surface area (Å²) >= 11 is 5.32. The van der Waals surface area contributed by atoms with Crippen molar-refractivity contribution in [3.8, 4) is 0 Å². The topological polar surface area (TPSA) is 12.5 Å². The number of hydrogen-bond acceptors (Lipinski definition) is 3. The van der Waals surface area contributed by atoms with E-state index in [1.165, 1.54) is 9.35 Å². The molecular formula is C10H16BrNOS. The highest BCUT2D eigenvalue weighted by Gasteiger charge is 2.11. The molecule has 0 saturated heterocycles. The Morgan fingerprint density at radius 2 is 2.36 bits per heavy atom. The molecule has 0 N–H and O–H groups in total. The first-order chi connectivity index (χ1) is 6.65. The van der Waals surface area contributed by atoms with E-state index >= 15 is 0 Å². The molecule has 0 radical (unpaired) electrons. The third-order valence-electron chi connectivity index (χ3n) is 2.24. The van der Waals surface area contributed by atoms with Gasteiger partial charge in [-0.3, -0.25) is 4.90 Å². The van der Waals surface area contributed by atoms with E-state index in [4.69, 9.17) is 4.74 Å². The first-order valence-corrected chi connectivity index (χ1v) is 6.23. The summed E-state index contributed by atoms with van der Waals surface area (Å²) in [4.78, 5) is 3.66. The monoisotopic (exact) mass is 277 g/mol. The summed E-state index contributed by atoms with van der Waals surface area (Å²) in [7, 11) is 3.86. The molecule has 14 heavy (non-hydrogen) atoms. The van der Waals surface area contributed by atoms with Gasteiger partial charge in [0.15, 0.2) is 0 Å². The molecule has 0 fully saturated rings. The molecule has 0 saturated carbocycles. The van der Waals surface area contributed by atoms with Crippen LogP contribution < -0.4 is 0 Å². The summed E-state index contributed by atoms with van der Waals surface area (Å²) in [6.07, 6.45) is 0. The molecule has 0 aliphatic heterocycles. The Morgan fingerprint density at radius 1 is 1.64 bits per heavy atom. The van der Waals surface area contributed by atoms with E-state index in [2.05, 4.69) is 46.2 Å². The molecule has 1 aromatic rings. The minimum atomic E-state index is 0.453. The molecule has 1 unspecified atom stereocenters. The largest absolute Gasteiger partial charge is 0.383 e. The standard InChI is InChI=1S/C10H16BrNOS/c1-8(7-13-3)12(2)6-10-9(11)4-5-14-10/h4-5,8H,6-7H2,1-3H3. The highest BCUT2D eigenvalue weighted by Crippen LogP contribution is 2.24. The first kappa shape index (κ1) is 12.2. The van der Waals surface area contributed by atoms with Gasteiger partial charge in [-0.15, -0.1) is 11.3 Å². The molecule has 1 aromatic heterocycles. The van der Waals surface area contributed by atoms with Gasteiger partial charge >= 0.3 is 0 Å². The SMILES string of the molecule is COCC(C)N(C)Cc1sccc1Br. The van der Waals surface area contributed by atoms with Gasteiger partial charge in [-0.1, -0.05) is 0 Å². The van der Waals surface area contributed by atoms with Crippen molar-refractivity contribution in [1.29, 1.82) is 0 Å². The number of ether oxygens (including phenoxy) is 1. The third-order valence-corrected chi connectivity index (χ3v) is 4.16. The van der Waals surface area contributed by atoms with Crippen molar-refractivity contribution in [2.24, 2.45) is 0 Å². The fraction of sp³-hybridized carbons (Fsp3) is 0.600. The first-order valence-electron chi connectivity index (χ1n) is 4.56. The summed E-state index contributed by atoms with van der Waals surface area (Å²) in [5.74, 6) is 0. The second-order valence-corrected chi connectivity index (χ2v) is 5.27. The van der Waals surface area contributed by atoms with E-state index < -0.39 is 0 Å². The summed E-state index contributed by atoms with van der Waals surface area (Å²) in [6.45, 7) is 3.92. The maximum atomic E-state index is 5.12. The highest BCUT2D eigenvalue weighted by molar-refractivity contribution is 9.10. The number of methoxy groups -OCH3 is 1. The Labute approximate surface area is 98.0 Å². The molecule has 1 atom stereocenters. The van der Waals surface area contributed by atoms with Crippen molar-refractivity contribution in [2.75, 3.05) is 20.8 Å². The molecule has 0 spiro atoms. The molecule has 0 aliphatic rings. The van der Waals surface area contributed by atoms with Gasteiger partial charge in [-0.25, -0.2) is 0 Å². The van der Waals surface area contributed by atoms with Crippen LogP contribution in [0.1, 0.15) is 11.8 Å². The number of rotatable bonds is 5. The zero-order valence-electron chi connectivity index (χ0n) is 8.79. The van der Waals surface area contributed by atoms with Gasteiger partial charge in [0.25, 0.3) is 0 Å². The van der Waals surface area contributed by atoms with E-state index in [-0.39, 0.29) is 0 Å². The van der Waals surface area contributed by atoms with Crippen molar-refractivity contribution in [1.82, 2.24) is 4.90 Å². The maximum absolute atomic E-state index is 5.12. The zero-order valence-corrected chi connectivity index (χ0v) is 11.2. The normalized spacial score (nSPS) is 13.5. The van der Waals surface area contributed by atoms with Crippen LogP contribution in [-0.2, 0) is 11.3 Å². The van der Waals surface area contributed by atoms with Gasteiger partial charge in [0.05, 0.1) is 6.61 Å². The van der Waals surface area contributed by atoms with Crippen LogP contribution in [0.5, 0.6) is 0 Å². The van der Waals surface area contributed by atoms with Gasteiger partial charge in [-0.05, 0) is 41.3 Å². The van der Waals surface area contributed by atoms with Crippen LogP contribution in [0.25, 0.3) is 0 Å². The number of halogens is 1. The number of nitrogens with zero attached hydrogens (tertiary/aromatic N) is 1. The van der Waals surface area contributed by atoms with Crippen LogP contribution >= 0.6 is 27.3 Å². The number of thiophene rings is 1. The van der Waals surface area contributed by atoms with Crippen molar-refractivity contribution in [2.45, 2.75) is 19.5 Å². The Balaban J connectivity index is 2.48. The van der Waals surface area contributed by atoms with E-state index in [9.17, 15) is 0 Å². The second kappa shape index (κ2) is 5.85. The van der Waals surface area contributed by atoms with Crippen LogP contribution in [0.15, 0.2) is 15.9 Å². The molecule has 1 heterocycles. The van der Waals surface area contributed by atoms with Crippen LogP contribution in [0.4, 0.5) is 0 Å². The summed E-state index contributed by atoms with van der Waals surface area (Å²) < 4.78 is 6.33. The minimum Gasteiger partial charge on any atom is -0.383 e. The van der Waals surface area contributed by atoms with E-state index in [0.717, 1.165) is 13.2 Å². The third kappa shape index (κ3) is 3.35. The lowest BCUT2D eigenvalue weighted by Crippen LogP contribution is -2.31. The van der Waals surface area contributed by atoms with Crippen molar-refractivity contribution >= 4 is 27.3 Å². The average Bonchev–Trinajstić information content (AvgIpc) is 2.52. The molecular weight excluding hydrogens is 262 g/mol. The molecule has 4 heteroatoms. The predicted octanol–water partition coefficient (Wildman–Crippen LogP) is 2.98. The lowest BCUT2D eigenvalue weighted by molar-refractivity contribution is 0.112. The summed E-state index contributed by atoms with van der Waals surface area (Å²) in [5, 5.41) is 2.11. The summed E-state index contributed by atoms with van der Waals surface area (Å²) in [5.41, 5.74) is 0. The van der Waals surface area contributed by atoms with Crippen LogP contribution in [0, 0.1) is 0 Å². The van der Waals surface area contributed by atoms with Crippen molar-refractivity contribution in [3.05, 3.63) is 20.8 Å². The fourth-order valence-electron chi connectivity index (χ4n) is 1.19. The van der Waals surface area contributed by atoms with Crippen molar-refractivity contribution < 1.29 is 4.74 Å². The minimum absolute atomic E-state index is 0.453. The molecule has 0 bridgehead atoms. The average molecular weight is 278 g/mol. The van der Waals surface area contributed by atoms with E-state index in [1.807, 2.05) is 0 Å². The number of hydrogen-bond donors (Lipinski definition) is 0. The number of likely N-dealkylation sites (N-methyl/N-ethyl adjacent to an activating group) is 1. The Kier molecular flexibility index (Phi) is 5.09. The molecule has 0 aliphatic carbocycles. The molecule has 1 rings (SSSR count). The van der Waals surface area contributed by atoms with E-state index in [1.54, 1.807) is 18.4 Å². The van der Waals surface area contributed by atoms with Crippen LogP contribution in [-0.4, -0.2) is 31.7 Å². The molecule has 0 aromatic carbocycles. The van der Waals surface area contributed by atoms with Gasteiger partial charge in [-0.2, -0.15) is 0 Å². The van der Waals surface area contributed by atoms with Crippen molar-refractivity contribution in [3.63, 3.8) is 0 Å². The predicted molar refractivity (Wildman–Crippen MR) is 64.8 cm³/mol. The van der Waals surface area contributed by atoms with Crippen LogP contribution in [0.3, 0.4) is 0 Å². The van der Waals surface area contributed by atoms with Gasteiger partial charge in [0, 0.05) is 29.0 Å². The lowest BCUT2D eigenvalue weighted by atomic mass is 10.3. The quantitative estimate of drug-likeness (QED) is 0.821. The lowest BCUT2D eigenvalue weighted by Gasteiger charge is -2.23. The molecule has 2 nitrogen and oxygen atoms in total. The second-order valence-electron chi connectivity index (χ2n) is 3.41. The Morgan fingerprint density at radius 3 is 2.86 bits per heavy atom. The van der Waals surface area contributed by atoms with Crippen LogP contribution in [0.2, 0.25) is 0 Å². The molecule has 0 amide bonds. The van der Waals surface area contributed by atoms with E-state index in [0.29, 0.717) is 6.04 Å². The maximum Gasteiger partial charge on any atom is 0.0615 e. The molecule has 80 valence electrons. The summed E-state index contributed by atoms with van der Waals surface area (Å²) in [6, 6.07) is 2.54. The smallest absolute Gasteiger partial charge is 0.0615 e. The van der Waals surface area contributed by atoms with Gasteiger partial charge in [0.1, 0.15) is 0 Å². The zero-order chi connectivity index (χ0) is 10.6.